The zero-order chi connectivity index (χ0) is 24.3. The molecule has 184 valence electrons. The monoisotopic (exact) mass is 534 g/mol. The number of halogens is 2. The zero-order valence-electron chi connectivity index (χ0n) is 19.7. The first kappa shape index (κ1) is 24.2. The van der Waals surface area contributed by atoms with E-state index in [1.54, 1.807) is 12.1 Å². The standard InChI is InChI=1S/C27H32BrFO5/c1-15-4-9-22-26(2,18(15)7-6-17-21(30)13-32-24(17)31)11-10-23-27(22,3)14-33-25(34-23)16-5-8-20(29)19(28)12-16/h5-6,8,12,18,21-23,25,30H,1,4,7,9-11,13-14H2,2-3H3/b17-6+/t18-,21-,22+,23-,25?,26+,27+/m1/s1. The molecule has 1 aromatic rings. The third-order valence-electron chi connectivity index (χ3n) is 8.91. The van der Waals surface area contributed by atoms with Crippen molar-refractivity contribution in [3.63, 3.8) is 0 Å². The number of cyclic esters (lactones) is 1. The van der Waals surface area contributed by atoms with Gasteiger partial charge in [-0.2, -0.15) is 0 Å². The Morgan fingerprint density at radius 3 is 2.79 bits per heavy atom. The molecule has 2 aliphatic heterocycles. The molecule has 34 heavy (non-hydrogen) atoms. The number of benzene rings is 1. The van der Waals surface area contributed by atoms with Crippen LogP contribution in [0.4, 0.5) is 4.39 Å². The molecule has 1 N–H and O–H groups in total. The fourth-order valence-corrected chi connectivity index (χ4v) is 7.43. The maximum absolute atomic E-state index is 13.7. The number of aliphatic hydroxyl groups is 1. The van der Waals surface area contributed by atoms with Gasteiger partial charge in [-0.25, -0.2) is 9.18 Å². The lowest BCUT2D eigenvalue weighted by Gasteiger charge is -2.62. The first-order valence-corrected chi connectivity index (χ1v) is 12.9. The summed E-state index contributed by atoms with van der Waals surface area (Å²) in [6, 6.07) is 4.88. The number of hydrogen-bond acceptors (Lipinski definition) is 5. The Hall–Kier alpha value is -1.54. The van der Waals surface area contributed by atoms with Crippen molar-refractivity contribution in [3.8, 4) is 0 Å². The average molecular weight is 535 g/mol. The van der Waals surface area contributed by atoms with Gasteiger partial charge in [0.1, 0.15) is 18.5 Å². The van der Waals surface area contributed by atoms with Crippen LogP contribution in [-0.2, 0) is 19.0 Å². The molecule has 1 aromatic carbocycles. The van der Waals surface area contributed by atoms with Crippen molar-refractivity contribution in [2.75, 3.05) is 13.2 Å². The van der Waals surface area contributed by atoms with Gasteiger partial charge >= 0.3 is 5.97 Å². The second-order valence-electron chi connectivity index (χ2n) is 10.8. The van der Waals surface area contributed by atoms with Crippen LogP contribution < -0.4 is 0 Å². The third-order valence-corrected chi connectivity index (χ3v) is 9.51. The molecular weight excluding hydrogens is 503 g/mol. The van der Waals surface area contributed by atoms with Crippen LogP contribution in [-0.4, -0.2) is 36.5 Å². The summed E-state index contributed by atoms with van der Waals surface area (Å²) in [6.45, 7) is 9.64. The summed E-state index contributed by atoms with van der Waals surface area (Å²) < 4.78 is 31.9. The van der Waals surface area contributed by atoms with Crippen molar-refractivity contribution in [1.82, 2.24) is 0 Å². The number of aliphatic hydroxyl groups excluding tert-OH is 1. The van der Waals surface area contributed by atoms with E-state index >= 15 is 0 Å². The fraction of sp³-hybridized carbons (Fsp3) is 0.593. The van der Waals surface area contributed by atoms with Gasteiger partial charge in [-0.1, -0.05) is 38.1 Å². The Morgan fingerprint density at radius 2 is 2.09 bits per heavy atom. The van der Waals surface area contributed by atoms with Gasteiger partial charge in [-0.15, -0.1) is 0 Å². The second-order valence-corrected chi connectivity index (χ2v) is 11.7. The summed E-state index contributed by atoms with van der Waals surface area (Å²) in [4.78, 5) is 12.0. The van der Waals surface area contributed by atoms with Gasteiger partial charge in [-0.3, -0.25) is 0 Å². The molecule has 2 heterocycles. The number of carbonyl (C=O) groups excluding carboxylic acids is 1. The fourth-order valence-electron chi connectivity index (χ4n) is 7.03. The highest BCUT2D eigenvalue weighted by atomic mass is 79.9. The largest absolute Gasteiger partial charge is 0.459 e. The first-order valence-electron chi connectivity index (χ1n) is 12.1. The third kappa shape index (κ3) is 3.89. The molecule has 5 rings (SSSR count). The Bertz CT molecular complexity index is 1040. The molecular formula is C27H32BrFO5. The Kier molecular flexibility index (Phi) is 6.28. The molecule has 5 nitrogen and oxygen atoms in total. The van der Waals surface area contributed by atoms with Gasteiger partial charge in [0.05, 0.1) is 22.8 Å². The van der Waals surface area contributed by atoms with E-state index in [-0.39, 0.29) is 35.3 Å². The number of allylic oxidation sites excluding steroid dienone is 2. The second kappa shape index (κ2) is 8.84. The minimum Gasteiger partial charge on any atom is -0.459 e. The van der Waals surface area contributed by atoms with Crippen molar-refractivity contribution in [2.24, 2.45) is 22.7 Å². The van der Waals surface area contributed by atoms with Crippen molar-refractivity contribution < 1.29 is 28.5 Å². The topological polar surface area (TPSA) is 65.0 Å². The summed E-state index contributed by atoms with van der Waals surface area (Å²) in [7, 11) is 0. The summed E-state index contributed by atoms with van der Waals surface area (Å²) in [5.41, 5.74) is 2.23. The van der Waals surface area contributed by atoms with E-state index in [2.05, 4.69) is 36.4 Å². The van der Waals surface area contributed by atoms with Crippen LogP contribution in [0, 0.1) is 28.5 Å². The highest BCUT2D eigenvalue weighted by Gasteiger charge is 2.60. The van der Waals surface area contributed by atoms with Crippen LogP contribution in [0.5, 0.6) is 0 Å². The van der Waals surface area contributed by atoms with Gasteiger partial charge in [-0.05, 0) is 77.4 Å². The van der Waals surface area contributed by atoms with Gasteiger partial charge < -0.3 is 19.3 Å². The summed E-state index contributed by atoms with van der Waals surface area (Å²) in [5.74, 6) is -0.143. The average Bonchev–Trinajstić information content (AvgIpc) is 3.12. The molecule has 0 spiro atoms. The van der Waals surface area contributed by atoms with Crippen molar-refractivity contribution in [1.29, 1.82) is 0 Å². The Balaban J connectivity index is 1.37. The van der Waals surface area contributed by atoms with E-state index in [0.717, 1.165) is 31.2 Å². The van der Waals surface area contributed by atoms with Crippen LogP contribution in [0.2, 0.25) is 0 Å². The first-order chi connectivity index (χ1) is 16.1. The maximum Gasteiger partial charge on any atom is 0.336 e. The highest BCUT2D eigenvalue weighted by Crippen LogP contribution is 2.63. The molecule has 4 fully saturated rings. The van der Waals surface area contributed by atoms with Crippen LogP contribution in [0.25, 0.3) is 0 Å². The summed E-state index contributed by atoms with van der Waals surface area (Å²) >= 11 is 3.26. The lowest BCUT2D eigenvalue weighted by molar-refractivity contribution is -0.307. The molecule has 2 saturated carbocycles. The smallest absolute Gasteiger partial charge is 0.336 e. The number of rotatable bonds is 3. The van der Waals surface area contributed by atoms with Gasteiger partial charge in [0.2, 0.25) is 0 Å². The lowest BCUT2D eigenvalue weighted by atomic mass is 9.46. The van der Waals surface area contributed by atoms with E-state index in [9.17, 15) is 14.3 Å². The maximum atomic E-state index is 13.7. The predicted octanol–water partition coefficient (Wildman–Crippen LogP) is 5.63. The van der Waals surface area contributed by atoms with E-state index in [1.807, 2.05) is 6.08 Å². The van der Waals surface area contributed by atoms with Crippen molar-refractivity contribution in [2.45, 2.75) is 64.4 Å². The summed E-state index contributed by atoms with van der Waals surface area (Å²) in [6.07, 6.45) is 5.07. The molecule has 0 radical (unpaired) electrons. The minimum absolute atomic E-state index is 0.0104. The Morgan fingerprint density at radius 1 is 1.29 bits per heavy atom. The van der Waals surface area contributed by atoms with Gasteiger partial charge in [0.25, 0.3) is 0 Å². The molecule has 2 aliphatic carbocycles. The van der Waals surface area contributed by atoms with Crippen LogP contribution in [0.1, 0.15) is 57.8 Å². The quantitative estimate of drug-likeness (QED) is 0.309. The van der Waals surface area contributed by atoms with E-state index < -0.39 is 18.4 Å². The molecule has 0 aromatic heterocycles. The molecule has 1 unspecified atom stereocenters. The van der Waals surface area contributed by atoms with E-state index in [0.29, 0.717) is 29.0 Å². The van der Waals surface area contributed by atoms with E-state index in [1.165, 1.54) is 11.6 Å². The predicted molar refractivity (Wildman–Crippen MR) is 128 cm³/mol. The highest BCUT2D eigenvalue weighted by molar-refractivity contribution is 9.10. The van der Waals surface area contributed by atoms with Crippen LogP contribution in [0.15, 0.2) is 46.5 Å². The molecule has 2 saturated heterocycles. The number of carbonyl (C=O) groups is 1. The zero-order valence-corrected chi connectivity index (χ0v) is 21.3. The van der Waals surface area contributed by atoms with Crippen LogP contribution >= 0.6 is 15.9 Å². The molecule has 0 bridgehead atoms. The van der Waals surface area contributed by atoms with Gasteiger partial charge in [0.15, 0.2) is 6.29 Å². The number of hydrogen-bond donors (Lipinski definition) is 1. The number of fused-ring (bicyclic) bond motifs is 3. The summed E-state index contributed by atoms with van der Waals surface area (Å²) in [5, 5.41) is 10.1. The van der Waals surface area contributed by atoms with Gasteiger partial charge in [0, 0.05) is 11.0 Å². The lowest BCUT2D eigenvalue weighted by Crippen LogP contribution is -2.60. The Labute approximate surface area is 208 Å². The SMILES string of the molecule is C=C1CC[C@@H]2[C@]3(C)COC(c4ccc(F)c(Br)c4)O[C@@H]3CC[C@@]2(C)[C@@H]1C/C=C1/C(=O)OC[C@H]1O. The van der Waals surface area contributed by atoms with Crippen molar-refractivity contribution in [3.05, 3.63) is 57.9 Å². The number of ether oxygens (including phenoxy) is 3. The molecule has 7 atom stereocenters. The number of esters is 1. The molecule has 4 aliphatic rings. The van der Waals surface area contributed by atoms with E-state index in [4.69, 9.17) is 14.2 Å². The van der Waals surface area contributed by atoms with Crippen LogP contribution in [0.3, 0.4) is 0 Å². The minimum atomic E-state index is -0.843. The molecule has 0 amide bonds. The normalized spacial score (nSPS) is 41.2. The molecule has 7 heteroatoms. The van der Waals surface area contributed by atoms with Crippen molar-refractivity contribution >= 4 is 21.9 Å².